The quantitative estimate of drug-likeness (QED) is 0.424. The molecule has 0 bridgehead atoms. The van der Waals surface area contributed by atoms with Crippen molar-refractivity contribution >= 4 is 33.8 Å². The number of para-hydroxylation sites is 1. The molecular formula is C18H14N6O2S. The van der Waals surface area contributed by atoms with E-state index in [0.29, 0.717) is 28.5 Å². The molecule has 1 aromatic carbocycles. The number of fused-ring (bicyclic) bond motifs is 3. The van der Waals surface area contributed by atoms with E-state index in [9.17, 15) is 0 Å². The summed E-state index contributed by atoms with van der Waals surface area (Å²) in [6.45, 7) is 2.90. The van der Waals surface area contributed by atoms with Crippen LogP contribution in [-0.2, 0) is 12.3 Å². The Balaban J connectivity index is 1.43. The summed E-state index contributed by atoms with van der Waals surface area (Å²) >= 11 is 1.40. The van der Waals surface area contributed by atoms with Crippen molar-refractivity contribution < 1.29 is 8.83 Å². The van der Waals surface area contributed by atoms with Crippen molar-refractivity contribution in [2.45, 2.75) is 24.4 Å². The normalized spacial score (nSPS) is 11.6. The summed E-state index contributed by atoms with van der Waals surface area (Å²) < 4.78 is 13.0. The summed E-state index contributed by atoms with van der Waals surface area (Å²) in [4.78, 5) is 4.70. The van der Waals surface area contributed by atoms with Crippen LogP contribution in [0.25, 0.3) is 33.7 Å². The number of aromatic nitrogens is 6. The zero-order valence-electron chi connectivity index (χ0n) is 14.4. The molecule has 0 amide bonds. The molecule has 134 valence electrons. The Labute approximate surface area is 157 Å². The van der Waals surface area contributed by atoms with Gasteiger partial charge in [-0.1, -0.05) is 30.0 Å². The topological polar surface area (TPSA) is 95.7 Å². The minimum atomic E-state index is 0.358. The lowest BCUT2D eigenvalue weighted by molar-refractivity contribution is 0.494. The Morgan fingerprint density at radius 1 is 1.04 bits per heavy atom. The second kappa shape index (κ2) is 6.51. The Morgan fingerprint density at radius 2 is 1.96 bits per heavy atom. The average molecular weight is 378 g/mol. The molecule has 0 aliphatic rings. The van der Waals surface area contributed by atoms with Gasteiger partial charge in [-0.05, 0) is 25.1 Å². The van der Waals surface area contributed by atoms with Gasteiger partial charge in [-0.15, -0.1) is 20.4 Å². The first-order chi connectivity index (χ1) is 13.3. The molecule has 0 unspecified atom stereocenters. The van der Waals surface area contributed by atoms with E-state index in [0.717, 1.165) is 28.6 Å². The van der Waals surface area contributed by atoms with Crippen LogP contribution in [0.2, 0.25) is 0 Å². The Bertz CT molecular complexity index is 1230. The molecular weight excluding hydrogens is 364 g/mol. The van der Waals surface area contributed by atoms with Crippen molar-refractivity contribution in [3.05, 3.63) is 48.6 Å². The molecule has 0 aliphatic carbocycles. The first kappa shape index (κ1) is 16.0. The first-order valence-corrected chi connectivity index (χ1v) is 9.42. The van der Waals surface area contributed by atoms with E-state index in [2.05, 4.69) is 38.0 Å². The maximum absolute atomic E-state index is 5.61. The zero-order chi connectivity index (χ0) is 18.2. The number of benzene rings is 1. The van der Waals surface area contributed by atoms with Crippen molar-refractivity contribution in [1.82, 2.24) is 29.9 Å². The van der Waals surface area contributed by atoms with Gasteiger partial charge in [0.15, 0.2) is 11.4 Å². The van der Waals surface area contributed by atoms with Crippen molar-refractivity contribution in [3.8, 4) is 11.7 Å². The molecule has 27 heavy (non-hydrogen) atoms. The number of hydrogen-bond donors (Lipinski definition) is 0. The zero-order valence-corrected chi connectivity index (χ0v) is 15.2. The van der Waals surface area contributed by atoms with Crippen LogP contribution in [0.3, 0.4) is 0 Å². The lowest BCUT2D eigenvalue weighted by Crippen LogP contribution is -1.98. The lowest BCUT2D eigenvalue weighted by Gasteiger charge is -2.02. The molecule has 0 radical (unpaired) electrons. The van der Waals surface area contributed by atoms with Gasteiger partial charge in [0.1, 0.15) is 5.52 Å². The number of nitrogens with zero attached hydrogens (tertiary/aromatic N) is 6. The highest BCUT2D eigenvalue weighted by molar-refractivity contribution is 7.98. The van der Waals surface area contributed by atoms with Gasteiger partial charge < -0.3 is 13.4 Å². The Morgan fingerprint density at radius 3 is 2.81 bits per heavy atom. The van der Waals surface area contributed by atoms with E-state index in [1.54, 1.807) is 18.4 Å². The average Bonchev–Trinajstić information content (AvgIpc) is 3.44. The highest BCUT2D eigenvalue weighted by Gasteiger charge is 2.15. The molecule has 0 saturated heterocycles. The van der Waals surface area contributed by atoms with E-state index in [1.165, 1.54) is 11.8 Å². The molecule has 4 heterocycles. The predicted molar refractivity (Wildman–Crippen MR) is 100 cm³/mol. The van der Waals surface area contributed by atoms with Gasteiger partial charge in [-0.3, -0.25) is 0 Å². The maximum atomic E-state index is 5.61. The van der Waals surface area contributed by atoms with Crippen LogP contribution in [0.5, 0.6) is 0 Å². The van der Waals surface area contributed by atoms with E-state index in [4.69, 9.17) is 13.8 Å². The van der Waals surface area contributed by atoms with Crippen LogP contribution < -0.4 is 0 Å². The summed E-state index contributed by atoms with van der Waals surface area (Å²) in [6.07, 6.45) is 1.56. The summed E-state index contributed by atoms with van der Waals surface area (Å²) in [5.74, 6) is 1.83. The van der Waals surface area contributed by atoms with Gasteiger partial charge in [0.2, 0.25) is 11.0 Å². The van der Waals surface area contributed by atoms with Gasteiger partial charge in [-0.2, -0.15) is 0 Å². The number of hydrogen-bond acceptors (Lipinski definition) is 8. The van der Waals surface area contributed by atoms with Crippen molar-refractivity contribution in [3.63, 3.8) is 0 Å². The van der Waals surface area contributed by atoms with Gasteiger partial charge >= 0.3 is 0 Å². The van der Waals surface area contributed by atoms with Crippen LogP contribution in [0.1, 0.15) is 12.8 Å². The number of rotatable bonds is 5. The fourth-order valence-corrected chi connectivity index (χ4v) is 3.63. The van der Waals surface area contributed by atoms with Gasteiger partial charge in [0.25, 0.3) is 5.89 Å². The highest BCUT2D eigenvalue weighted by atomic mass is 32.2. The standard InChI is InChI=1S/C18H14N6O2S/c1-2-24-12-7-4-3-6-11(12)15-16(24)19-18(23-21-15)27-10-14-20-22-17(26-14)13-8-5-9-25-13/h3-9H,2,10H2,1H3. The van der Waals surface area contributed by atoms with E-state index in [-0.39, 0.29) is 0 Å². The van der Waals surface area contributed by atoms with E-state index < -0.39 is 0 Å². The fourth-order valence-electron chi connectivity index (χ4n) is 3.01. The molecule has 0 saturated carbocycles. The molecule has 0 N–H and O–H groups in total. The third-order valence-electron chi connectivity index (χ3n) is 4.19. The third kappa shape index (κ3) is 2.76. The van der Waals surface area contributed by atoms with Gasteiger partial charge in [-0.25, -0.2) is 4.98 Å². The Kier molecular flexibility index (Phi) is 3.86. The largest absolute Gasteiger partial charge is 0.459 e. The molecule has 0 aliphatic heterocycles. The van der Waals surface area contributed by atoms with Crippen molar-refractivity contribution in [1.29, 1.82) is 0 Å². The SMILES string of the molecule is CCn1c2ccccc2c2nnc(SCc3nnc(-c4ccco4)o3)nc21. The van der Waals surface area contributed by atoms with Gasteiger partial charge in [0.05, 0.1) is 17.5 Å². The Hall–Kier alpha value is -3.20. The summed E-state index contributed by atoms with van der Waals surface area (Å²) in [7, 11) is 0. The highest BCUT2D eigenvalue weighted by Crippen LogP contribution is 2.28. The first-order valence-electron chi connectivity index (χ1n) is 8.44. The summed E-state index contributed by atoms with van der Waals surface area (Å²) in [6, 6.07) is 11.7. The second-order valence-corrected chi connectivity index (χ2v) is 6.74. The molecule has 5 rings (SSSR count). The van der Waals surface area contributed by atoms with Crippen molar-refractivity contribution in [2.75, 3.05) is 0 Å². The molecule has 0 atom stereocenters. The minimum absolute atomic E-state index is 0.358. The predicted octanol–water partition coefficient (Wildman–Crippen LogP) is 3.93. The monoisotopic (exact) mass is 378 g/mol. The minimum Gasteiger partial charge on any atom is -0.459 e. The second-order valence-electron chi connectivity index (χ2n) is 5.79. The lowest BCUT2D eigenvalue weighted by atomic mass is 10.2. The van der Waals surface area contributed by atoms with Crippen LogP contribution in [0.4, 0.5) is 0 Å². The smallest absolute Gasteiger partial charge is 0.283 e. The van der Waals surface area contributed by atoms with Crippen LogP contribution in [0, 0.1) is 0 Å². The summed E-state index contributed by atoms with van der Waals surface area (Å²) in [5.41, 5.74) is 2.76. The van der Waals surface area contributed by atoms with E-state index >= 15 is 0 Å². The number of thioether (sulfide) groups is 1. The number of furan rings is 1. The molecule has 9 heteroatoms. The number of aryl methyl sites for hydroxylation is 1. The summed E-state index contributed by atoms with van der Waals surface area (Å²) in [5, 5.41) is 18.3. The van der Waals surface area contributed by atoms with Crippen molar-refractivity contribution in [2.24, 2.45) is 0 Å². The van der Waals surface area contributed by atoms with Crippen LogP contribution >= 0.6 is 11.8 Å². The molecule has 5 aromatic rings. The molecule has 4 aromatic heterocycles. The van der Waals surface area contributed by atoms with E-state index in [1.807, 2.05) is 18.2 Å². The molecule has 0 spiro atoms. The molecule has 0 fully saturated rings. The third-order valence-corrected chi connectivity index (χ3v) is 5.02. The van der Waals surface area contributed by atoms with Crippen LogP contribution in [-0.4, -0.2) is 29.9 Å². The maximum Gasteiger partial charge on any atom is 0.283 e. The molecule has 8 nitrogen and oxygen atoms in total. The van der Waals surface area contributed by atoms with Gasteiger partial charge in [0, 0.05) is 11.9 Å². The van der Waals surface area contributed by atoms with Crippen LogP contribution in [0.15, 0.2) is 56.7 Å². The fraction of sp³-hybridized carbons (Fsp3) is 0.167.